The molecule has 1 aromatic heterocycles. The van der Waals surface area contributed by atoms with Crippen LogP contribution in [0, 0.1) is 6.92 Å². The smallest absolute Gasteiger partial charge is 0.283 e. The number of benzene rings is 1. The summed E-state index contributed by atoms with van der Waals surface area (Å²) in [4.78, 5) is 21.1. The molecule has 1 amide bonds. The fourth-order valence-electron chi connectivity index (χ4n) is 2.82. The molecule has 140 valence electrons. The SMILES string of the molecule is COc1ccc(Cl)cc1C(=O)N=c1sc(C)cn1CCN1CCOCC1. The van der Waals surface area contributed by atoms with Gasteiger partial charge in [0.1, 0.15) is 5.75 Å². The largest absolute Gasteiger partial charge is 0.496 e. The summed E-state index contributed by atoms with van der Waals surface area (Å²) >= 11 is 7.52. The molecule has 2 aromatic rings. The van der Waals surface area contributed by atoms with Crippen molar-refractivity contribution in [1.82, 2.24) is 9.47 Å². The standard InChI is InChI=1S/C18H22ClN3O3S/c1-13-12-22(6-5-21-7-9-25-10-8-21)18(26-13)20-17(23)15-11-14(19)3-4-16(15)24-2/h3-4,11-12H,5-10H2,1-2H3. The minimum Gasteiger partial charge on any atom is -0.496 e. The molecule has 3 rings (SSSR count). The maximum absolute atomic E-state index is 12.7. The number of halogens is 1. The summed E-state index contributed by atoms with van der Waals surface area (Å²) in [6, 6.07) is 4.96. The maximum atomic E-state index is 12.7. The molecule has 1 aliphatic heterocycles. The number of carbonyl (C=O) groups excluding carboxylic acids is 1. The number of ether oxygens (including phenoxy) is 2. The summed E-state index contributed by atoms with van der Waals surface area (Å²) in [7, 11) is 1.53. The van der Waals surface area contributed by atoms with Crippen LogP contribution in [0.2, 0.25) is 5.02 Å². The van der Waals surface area contributed by atoms with Gasteiger partial charge < -0.3 is 14.0 Å². The predicted molar refractivity (Wildman–Crippen MR) is 102 cm³/mol. The van der Waals surface area contributed by atoms with Crippen LogP contribution in [0.1, 0.15) is 15.2 Å². The molecular weight excluding hydrogens is 374 g/mol. The van der Waals surface area contributed by atoms with E-state index in [-0.39, 0.29) is 5.91 Å². The first-order chi connectivity index (χ1) is 12.6. The highest BCUT2D eigenvalue weighted by molar-refractivity contribution is 7.09. The van der Waals surface area contributed by atoms with Gasteiger partial charge in [0.25, 0.3) is 5.91 Å². The number of morpholine rings is 1. The molecule has 0 unspecified atom stereocenters. The fourth-order valence-corrected chi connectivity index (χ4v) is 3.85. The second-order valence-electron chi connectivity index (χ2n) is 6.03. The molecular formula is C18H22ClN3O3S. The molecule has 26 heavy (non-hydrogen) atoms. The highest BCUT2D eigenvalue weighted by Gasteiger charge is 2.14. The number of aryl methyl sites for hydroxylation is 1. The minimum atomic E-state index is -0.355. The molecule has 1 aliphatic rings. The molecule has 6 nitrogen and oxygen atoms in total. The number of hydrogen-bond acceptors (Lipinski definition) is 5. The van der Waals surface area contributed by atoms with Gasteiger partial charge in [-0.25, -0.2) is 0 Å². The lowest BCUT2D eigenvalue weighted by atomic mass is 10.2. The third-order valence-electron chi connectivity index (χ3n) is 4.19. The zero-order valence-corrected chi connectivity index (χ0v) is 16.5. The molecule has 0 atom stereocenters. The number of amides is 1. The van der Waals surface area contributed by atoms with Crippen molar-refractivity contribution in [2.75, 3.05) is 40.0 Å². The molecule has 0 N–H and O–H groups in total. The molecule has 0 saturated carbocycles. The maximum Gasteiger partial charge on any atom is 0.283 e. The van der Waals surface area contributed by atoms with Crippen LogP contribution < -0.4 is 9.54 Å². The van der Waals surface area contributed by atoms with Gasteiger partial charge in [-0.3, -0.25) is 9.69 Å². The lowest BCUT2D eigenvalue weighted by Crippen LogP contribution is -2.38. The average molecular weight is 396 g/mol. The Morgan fingerprint density at radius 2 is 2.12 bits per heavy atom. The lowest BCUT2D eigenvalue weighted by Gasteiger charge is -2.26. The summed E-state index contributed by atoms with van der Waals surface area (Å²) in [6.45, 7) is 7.13. The van der Waals surface area contributed by atoms with E-state index in [1.807, 2.05) is 17.7 Å². The van der Waals surface area contributed by atoms with Crippen LogP contribution >= 0.6 is 22.9 Å². The van der Waals surface area contributed by atoms with Crippen molar-refractivity contribution in [3.8, 4) is 5.75 Å². The predicted octanol–water partition coefficient (Wildman–Crippen LogP) is 2.59. The molecule has 1 aromatic carbocycles. The third kappa shape index (κ3) is 4.73. The minimum absolute atomic E-state index is 0.355. The van der Waals surface area contributed by atoms with Gasteiger partial charge >= 0.3 is 0 Å². The van der Waals surface area contributed by atoms with E-state index in [9.17, 15) is 4.79 Å². The number of nitrogens with zero attached hydrogens (tertiary/aromatic N) is 3. The van der Waals surface area contributed by atoms with E-state index in [4.69, 9.17) is 21.1 Å². The number of thiazole rings is 1. The number of hydrogen-bond donors (Lipinski definition) is 0. The summed E-state index contributed by atoms with van der Waals surface area (Å²) < 4.78 is 12.7. The van der Waals surface area contributed by atoms with Crippen LogP contribution in [-0.2, 0) is 11.3 Å². The summed E-state index contributed by atoms with van der Waals surface area (Å²) in [5, 5.41) is 0.479. The van der Waals surface area contributed by atoms with Crippen LogP contribution in [-0.4, -0.2) is 55.3 Å². The molecule has 8 heteroatoms. The van der Waals surface area contributed by atoms with Gasteiger partial charge in [0.2, 0.25) is 0 Å². The van der Waals surface area contributed by atoms with Crippen molar-refractivity contribution in [3.63, 3.8) is 0 Å². The molecule has 0 radical (unpaired) electrons. The Kier molecular flexibility index (Phi) is 6.48. The molecule has 1 fully saturated rings. The second-order valence-corrected chi connectivity index (χ2v) is 7.68. The summed E-state index contributed by atoms with van der Waals surface area (Å²) in [6.07, 6.45) is 2.03. The van der Waals surface area contributed by atoms with E-state index < -0.39 is 0 Å². The zero-order valence-electron chi connectivity index (χ0n) is 14.9. The average Bonchev–Trinajstić information content (AvgIpc) is 3.00. The number of methoxy groups -OCH3 is 1. The lowest BCUT2D eigenvalue weighted by molar-refractivity contribution is 0.0363. The Bertz CT molecular complexity index is 840. The normalized spacial score (nSPS) is 16.0. The van der Waals surface area contributed by atoms with Crippen LogP contribution in [0.4, 0.5) is 0 Å². The highest BCUT2D eigenvalue weighted by atomic mass is 35.5. The van der Waals surface area contributed by atoms with Crippen molar-refractivity contribution >= 4 is 28.8 Å². The van der Waals surface area contributed by atoms with Gasteiger partial charge in [-0.1, -0.05) is 11.6 Å². The Labute approximate surface area is 161 Å². The highest BCUT2D eigenvalue weighted by Crippen LogP contribution is 2.23. The molecule has 2 heterocycles. The number of aromatic nitrogens is 1. The first kappa shape index (κ1) is 19.1. The first-order valence-corrected chi connectivity index (χ1v) is 9.66. The van der Waals surface area contributed by atoms with E-state index in [0.717, 1.165) is 44.3 Å². The first-order valence-electron chi connectivity index (χ1n) is 8.46. The van der Waals surface area contributed by atoms with Gasteiger partial charge in [0.15, 0.2) is 4.80 Å². The van der Waals surface area contributed by atoms with Gasteiger partial charge in [-0.2, -0.15) is 4.99 Å². The number of carbonyl (C=O) groups is 1. The Morgan fingerprint density at radius 3 is 2.85 bits per heavy atom. The molecule has 0 aliphatic carbocycles. The van der Waals surface area contributed by atoms with E-state index in [1.165, 1.54) is 18.4 Å². The molecule has 1 saturated heterocycles. The van der Waals surface area contributed by atoms with Crippen molar-refractivity contribution in [1.29, 1.82) is 0 Å². The van der Waals surface area contributed by atoms with E-state index >= 15 is 0 Å². The van der Waals surface area contributed by atoms with Crippen LogP contribution in [0.3, 0.4) is 0 Å². The molecule has 0 bridgehead atoms. The van der Waals surface area contributed by atoms with Gasteiger partial charge in [0, 0.05) is 42.3 Å². The van der Waals surface area contributed by atoms with Crippen molar-refractivity contribution in [3.05, 3.63) is 44.7 Å². The van der Waals surface area contributed by atoms with Gasteiger partial charge in [-0.15, -0.1) is 11.3 Å². The fraction of sp³-hybridized carbons (Fsp3) is 0.444. The van der Waals surface area contributed by atoms with Crippen LogP contribution in [0.25, 0.3) is 0 Å². The quantitative estimate of drug-likeness (QED) is 0.780. The Hall–Kier alpha value is -1.67. The van der Waals surface area contributed by atoms with E-state index in [0.29, 0.717) is 21.1 Å². The second kappa shape index (κ2) is 8.81. The van der Waals surface area contributed by atoms with E-state index in [2.05, 4.69) is 9.89 Å². The van der Waals surface area contributed by atoms with Crippen molar-refractivity contribution in [2.45, 2.75) is 13.5 Å². The monoisotopic (exact) mass is 395 g/mol. The van der Waals surface area contributed by atoms with Gasteiger partial charge in [0.05, 0.1) is 25.9 Å². The number of rotatable bonds is 5. The van der Waals surface area contributed by atoms with Crippen LogP contribution in [0.5, 0.6) is 5.75 Å². The van der Waals surface area contributed by atoms with Crippen molar-refractivity contribution in [2.24, 2.45) is 4.99 Å². The summed E-state index contributed by atoms with van der Waals surface area (Å²) in [5.74, 6) is 0.114. The van der Waals surface area contributed by atoms with E-state index in [1.54, 1.807) is 18.2 Å². The third-order valence-corrected chi connectivity index (χ3v) is 5.36. The molecule has 0 spiro atoms. The summed E-state index contributed by atoms with van der Waals surface area (Å²) in [5.41, 5.74) is 0.366. The van der Waals surface area contributed by atoms with Crippen molar-refractivity contribution < 1.29 is 14.3 Å². The van der Waals surface area contributed by atoms with Gasteiger partial charge in [-0.05, 0) is 25.1 Å². The zero-order chi connectivity index (χ0) is 18.5. The Balaban J connectivity index is 1.82. The van der Waals surface area contributed by atoms with Crippen LogP contribution in [0.15, 0.2) is 29.4 Å². The Morgan fingerprint density at radius 1 is 1.35 bits per heavy atom. The topological polar surface area (TPSA) is 56.1 Å².